The number of hydrogen-bond acceptors (Lipinski definition) is 1. The van der Waals surface area contributed by atoms with E-state index < -0.39 is 0 Å². The summed E-state index contributed by atoms with van der Waals surface area (Å²) in [6, 6.07) is 1.69. The van der Waals surface area contributed by atoms with Crippen LogP contribution >= 0.6 is 0 Å². The maximum absolute atomic E-state index is 3.66. The van der Waals surface area contributed by atoms with E-state index >= 15 is 0 Å². The van der Waals surface area contributed by atoms with Gasteiger partial charge < -0.3 is 5.32 Å². The first-order valence-electron chi connectivity index (χ1n) is 7.62. The highest BCUT2D eigenvalue weighted by Crippen LogP contribution is 2.32. The second kappa shape index (κ2) is 13.0. The molecule has 0 bridgehead atoms. The van der Waals surface area contributed by atoms with E-state index in [4.69, 9.17) is 0 Å². The van der Waals surface area contributed by atoms with E-state index in [1.165, 1.54) is 32.1 Å². The molecule has 0 aromatic rings. The lowest BCUT2D eigenvalue weighted by Crippen LogP contribution is -2.31. The molecule has 1 N–H and O–H groups in total. The van der Waals surface area contributed by atoms with Crippen LogP contribution in [0.15, 0.2) is 0 Å². The Bertz CT molecular complexity index is 109. The van der Waals surface area contributed by atoms with Gasteiger partial charge in [-0.15, -0.1) is 0 Å². The van der Waals surface area contributed by atoms with Gasteiger partial charge in [0.15, 0.2) is 0 Å². The van der Waals surface area contributed by atoms with Crippen LogP contribution in [0.2, 0.25) is 0 Å². The smallest absolute Gasteiger partial charge is 0.00983 e. The van der Waals surface area contributed by atoms with Crippen LogP contribution in [0, 0.1) is 5.92 Å². The fourth-order valence-electron chi connectivity index (χ4n) is 2.60. The number of nitrogens with one attached hydrogen (secondary N) is 1. The zero-order chi connectivity index (χ0) is 13.0. The quantitative estimate of drug-likeness (QED) is 0.616. The van der Waals surface area contributed by atoms with Gasteiger partial charge in [0.25, 0.3) is 0 Å². The van der Waals surface area contributed by atoms with E-state index in [2.05, 4.69) is 12.2 Å². The lowest BCUT2D eigenvalue weighted by molar-refractivity contribution is 0.325. The van der Waals surface area contributed by atoms with Crippen molar-refractivity contribution in [2.75, 3.05) is 0 Å². The van der Waals surface area contributed by atoms with Crippen LogP contribution in [0.1, 0.15) is 80.6 Å². The normalized spacial score (nSPS) is 30.6. The molecule has 1 saturated carbocycles. The van der Waals surface area contributed by atoms with Crippen molar-refractivity contribution >= 4 is 0 Å². The van der Waals surface area contributed by atoms with Crippen LogP contribution in [-0.2, 0) is 0 Å². The molecular weight excluding hydrogens is 194 g/mol. The van der Waals surface area contributed by atoms with Crippen molar-refractivity contribution < 1.29 is 0 Å². The lowest BCUT2D eigenvalue weighted by Gasteiger charge is -2.24. The summed E-state index contributed by atoms with van der Waals surface area (Å²) < 4.78 is 0. The highest BCUT2D eigenvalue weighted by atomic mass is 15.0. The van der Waals surface area contributed by atoms with Crippen LogP contribution in [0.4, 0.5) is 0 Å². The Morgan fingerprint density at radius 1 is 0.812 bits per heavy atom. The lowest BCUT2D eigenvalue weighted by atomic mass is 9.85. The van der Waals surface area contributed by atoms with Gasteiger partial charge in [-0.25, -0.2) is 0 Å². The summed E-state index contributed by atoms with van der Waals surface area (Å²) in [7, 11) is 0. The summed E-state index contributed by atoms with van der Waals surface area (Å²) >= 11 is 0. The molecule has 2 fully saturated rings. The minimum atomic E-state index is 0.799. The molecule has 0 aromatic carbocycles. The second-order valence-electron chi connectivity index (χ2n) is 3.95. The molecule has 1 aliphatic carbocycles. The highest BCUT2D eigenvalue weighted by molar-refractivity contribution is 4.90. The Hall–Kier alpha value is -0.0400. The van der Waals surface area contributed by atoms with Gasteiger partial charge in [-0.1, -0.05) is 54.4 Å². The van der Waals surface area contributed by atoms with Crippen molar-refractivity contribution in [2.24, 2.45) is 5.92 Å². The molecule has 1 aliphatic heterocycles. The van der Waals surface area contributed by atoms with Crippen molar-refractivity contribution in [3.63, 3.8) is 0 Å². The predicted octanol–water partition coefficient (Wildman–Crippen LogP) is 5.01. The third-order valence-corrected chi connectivity index (χ3v) is 3.06. The van der Waals surface area contributed by atoms with Crippen molar-refractivity contribution in [2.45, 2.75) is 92.7 Å². The van der Waals surface area contributed by atoms with Crippen molar-refractivity contribution in [3.8, 4) is 0 Å². The van der Waals surface area contributed by atoms with Crippen LogP contribution in [-0.4, -0.2) is 12.1 Å². The summed E-state index contributed by atoms with van der Waals surface area (Å²) in [5.41, 5.74) is 0. The molecule has 3 atom stereocenters. The van der Waals surface area contributed by atoms with Crippen LogP contribution in [0.3, 0.4) is 0 Å². The summed E-state index contributed by atoms with van der Waals surface area (Å²) in [5, 5.41) is 3.66. The van der Waals surface area contributed by atoms with E-state index in [-0.39, 0.29) is 0 Å². The molecule has 0 amide bonds. The Labute approximate surface area is 104 Å². The van der Waals surface area contributed by atoms with E-state index in [0.29, 0.717) is 0 Å². The van der Waals surface area contributed by atoms with Gasteiger partial charge in [0.1, 0.15) is 0 Å². The van der Waals surface area contributed by atoms with Gasteiger partial charge in [-0.2, -0.15) is 0 Å². The number of rotatable bonds is 0. The molecule has 3 unspecified atom stereocenters. The van der Waals surface area contributed by atoms with Gasteiger partial charge in [-0.05, 0) is 32.1 Å². The maximum atomic E-state index is 3.66. The molecule has 0 radical (unpaired) electrons. The van der Waals surface area contributed by atoms with Crippen LogP contribution < -0.4 is 5.32 Å². The summed E-state index contributed by atoms with van der Waals surface area (Å²) in [4.78, 5) is 0. The molecule has 1 saturated heterocycles. The van der Waals surface area contributed by atoms with Gasteiger partial charge >= 0.3 is 0 Å². The molecule has 100 valence electrons. The zero-order valence-electron chi connectivity index (χ0n) is 12.8. The second-order valence-corrected chi connectivity index (χ2v) is 3.95. The van der Waals surface area contributed by atoms with Gasteiger partial charge in [0.05, 0.1) is 0 Å². The molecule has 0 aromatic heterocycles. The monoisotopic (exact) mass is 229 g/mol. The summed E-state index contributed by atoms with van der Waals surface area (Å²) in [6.07, 6.45) is 7.30. The molecule has 2 rings (SSSR count). The standard InChI is InChI=1S/C9H17N.3C2H6/c1-7-6-8-4-2-3-5-9(8)10-7;3*1-2/h7-10H,2-6H2,1H3;3*1-2H3. The van der Waals surface area contributed by atoms with Crippen molar-refractivity contribution in [3.05, 3.63) is 0 Å². The number of fused-ring (bicyclic) bond motifs is 1. The number of hydrogen-bond donors (Lipinski definition) is 1. The van der Waals surface area contributed by atoms with Crippen LogP contribution in [0.5, 0.6) is 0 Å². The minimum absolute atomic E-state index is 0.799. The average molecular weight is 229 g/mol. The third-order valence-electron chi connectivity index (χ3n) is 3.06. The predicted molar refractivity (Wildman–Crippen MR) is 77.0 cm³/mol. The topological polar surface area (TPSA) is 12.0 Å². The van der Waals surface area contributed by atoms with Crippen molar-refractivity contribution in [1.29, 1.82) is 0 Å². The third kappa shape index (κ3) is 6.52. The largest absolute Gasteiger partial charge is 0.311 e. The molecule has 1 nitrogen and oxygen atoms in total. The zero-order valence-corrected chi connectivity index (χ0v) is 12.8. The first kappa shape index (κ1) is 18.3. The van der Waals surface area contributed by atoms with Gasteiger partial charge in [0, 0.05) is 12.1 Å². The van der Waals surface area contributed by atoms with Crippen LogP contribution in [0.25, 0.3) is 0 Å². The fourth-order valence-corrected chi connectivity index (χ4v) is 2.60. The Kier molecular flexibility index (Phi) is 14.9. The fraction of sp³-hybridized carbons (Fsp3) is 1.00. The summed E-state index contributed by atoms with van der Waals surface area (Å²) in [6.45, 7) is 14.3. The van der Waals surface area contributed by atoms with E-state index in [9.17, 15) is 0 Å². The molecule has 0 spiro atoms. The average Bonchev–Trinajstić information content (AvgIpc) is 2.76. The Morgan fingerprint density at radius 3 is 1.81 bits per heavy atom. The first-order chi connectivity index (χ1) is 7.86. The summed E-state index contributed by atoms with van der Waals surface area (Å²) in [5.74, 6) is 1.03. The Balaban J connectivity index is 0. The molecule has 1 heterocycles. The molecule has 16 heavy (non-hydrogen) atoms. The Morgan fingerprint density at radius 2 is 1.31 bits per heavy atom. The van der Waals surface area contributed by atoms with Gasteiger partial charge in [0.2, 0.25) is 0 Å². The SMILES string of the molecule is CC.CC.CC.CC1CC2CCCCC2N1. The molecular formula is C15H35N. The molecule has 1 heteroatoms. The van der Waals surface area contributed by atoms with E-state index in [0.717, 1.165) is 18.0 Å². The molecule has 2 aliphatic rings. The van der Waals surface area contributed by atoms with Crippen molar-refractivity contribution in [1.82, 2.24) is 5.32 Å². The van der Waals surface area contributed by atoms with Gasteiger partial charge in [-0.3, -0.25) is 0 Å². The van der Waals surface area contributed by atoms with E-state index in [1.54, 1.807) is 0 Å². The van der Waals surface area contributed by atoms with E-state index in [1.807, 2.05) is 41.5 Å². The highest BCUT2D eigenvalue weighted by Gasteiger charge is 2.32. The minimum Gasteiger partial charge on any atom is -0.311 e. The first-order valence-corrected chi connectivity index (χ1v) is 7.62. The maximum Gasteiger partial charge on any atom is 0.00983 e.